The maximum atomic E-state index is 12.7. The lowest BCUT2D eigenvalue weighted by molar-refractivity contribution is -0.0477. The predicted octanol–water partition coefficient (Wildman–Crippen LogP) is 1.82. The second-order valence-corrected chi connectivity index (χ2v) is 3.49. The number of hydrogen-bond donors (Lipinski definition) is 2. The van der Waals surface area contributed by atoms with E-state index in [0.29, 0.717) is 12.1 Å². The largest absolute Gasteiger partial charge is 0.390 e. The van der Waals surface area contributed by atoms with Gasteiger partial charge in [0.05, 0.1) is 6.54 Å². The van der Waals surface area contributed by atoms with Crippen LogP contribution in [0.2, 0.25) is 0 Å². The van der Waals surface area contributed by atoms with Crippen LogP contribution in [0.1, 0.15) is 5.56 Å². The minimum atomic E-state index is -3.31. The Morgan fingerprint density at radius 1 is 1.12 bits per heavy atom. The lowest BCUT2D eigenvalue weighted by atomic mass is 10.2. The number of alkyl halides is 2. The quantitative estimate of drug-likeness (QED) is 0.621. The highest BCUT2D eigenvalue weighted by atomic mass is 19.3. The average molecular weight is 255 g/mol. The van der Waals surface area contributed by atoms with E-state index in [1.165, 1.54) is 0 Å². The van der Waals surface area contributed by atoms with Crippen molar-refractivity contribution in [2.75, 3.05) is 13.2 Å². The maximum Gasteiger partial charge on any atom is 0.282 e. The summed E-state index contributed by atoms with van der Waals surface area (Å²) in [5.41, 5.74) is -0.00450. The topological polar surface area (TPSA) is 32.3 Å². The van der Waals surface area contributed by atoms with Crippen molar-refractivity contribution in [2.45, 2.75) is 12.5 Å². The van der Waals surface area contributed by atoms with Crippen molar-refractivity contribution in [2.24, 2.45) is 0 Å². The molecule has 0 fully saturated rings. The fourth-order valence-corrected chi connectivity index (χ4v) is 1.16. The SMILES string of the molecule is OCC(F)(F)CNCc1cc(F)c(F)c(F)c1. The summed E-state index contributed by atoms with van der Waals surface area (Å²) in [4.78, 5) is 0. The first kappa shape index (κ1) is 13.9. The Kier molecular flexibility index (Phi) is 4.41. The van der Waals surface area contributed by atoms with Gasteiger partial charge in [0.1, 0.15) is 6.61 Å². The van der Waals surface area contributed by atoms with Gasteiger partial charge in [0.15, 0.2) is 17.5 Å². The number of aliphatic hydroxyl groups is 1. The third kappa shape index (κ3) is 3.94. The first-order chi connectivity index (χ1) is 7.85. The van der Waals surface area contributed by atoms with Crippen LogP contribution in [0.15, 0.2) is 12.1 Å². The Labute approximate surface area is 94.1 Å². The fraction of sp³-hybridized carbons (Fsp3) is 0.400. The molecule has 0 atom stereocenters. The Balaban J connectivity index is 2.59. The Bertz CT molecular complexity index is 373. The zero-order valence-electron chi connectivity index (χ0n) is 8.61. The number of rotatable bonds is 5. The molecule has 0 radical (unpaired) electrons. The van der Waals surface area contributed by atoms with E-state index < -0.39 is 36.5 Å². The van der Waals surface area contributed by atoms with Crippen LogP contribution in [0.5, 0.6) is 0 Å². The van der Waals surface area contributed by atoms with Gasteiger partial charge >= 0.3 is 0 Å². The van der Waals surface area contributed by atoms with Gasteiger partial charge in [-0.15, -0.1) is 0 Å². The Morgan fingerprint density at radius 2 is 1.65 bits per heavy atom. The van der Waals surface area contributed by atoms with Gasteiger partial charge < -0.3 is 10.4 Å². The minimum Gasteiger partial charge on any atom is -0.390 e. The number of aliphatic hydroxyl groups excluding tert-OH is 1. The number of benzene rings is 1. The van der Waals surface area contributed by atoms with Crippen molar-refractivity contribution in [3.05, 3.63) is 35.1 Å². The highest BCUT2D eigenvalue weighted by Gasteiger charge is 2.26. The van der Waals surface area contributed by atoms with E-state index in [1.807, 2.05) is 0 Å². The van der Waals surface area contributed by atoms with E-state index in [0.717, 1.165) is 0 Å². The first-order valence-corrected chi connectivity index (χ1v) is 4.68. The molecular formula is C10H10F5NO. The van der Waals surface area contributed by atoms with Crippen molar-refractivity contribution < 1.29 is 27.1 Å². The number of nitrogens with one attached hydrogen (secondary N) is 1. The summed E-state index contributed by atoms with van der Waals surface area (Å²) < 4.78 is 63.1. The van der Waals surface area contributed by atoms with Crippen LogP contribution in [-0.2, 0) is 6.54 Å². The van der Waals surface area contributed by atoms with Crippen LogP contribution in [0.3, 0.4) is 0 Å². The van der Waals surface area contributed by atoms with Crippen molar-refractivity contribution in [3.8, 4) is 0 Å². The lowest BCUT2D eigenvalue weighted by Gasteiger charge is -2.14. The van der Waals surface area contributed by atoms with Crippen LogP contribution in [0.4, 0.5) is 22.0 Å². The lowest BCUT2D eigenvalue weighted by Crippen LogP contribution is -2.35. The van der Waals surface area contributed by atoms with Crippen LogP contribution >= 0.6 is 0 Å². The second kappa shape index (κ2) is 5.42. The van der Waals surface area contributed by atoms with E-state index in [1.54, 1.807) is 0 Å². The molecule has 0 bridgehead atoms. The zero-order chi connectivity index (χ0) is 13.1. The summed E-state index contributed by atoms with van der Waals surface area (Å²) in [6.45, 7) is -2.43. The molecule has 0 aromatic heterocycles. The van der Waals surface area contributed by atoms with Crippen molar-refractivity contribution >= 4 is 0 Å². The van der Waals surface area contributed by atoms with Gasteiger partial charge in [0.25, 0.3) is 5.92 Å². The van der Waals surface area contributed by atoms with E-state index in [4.69, 9.17) is 5.11 Å². The van der Waals surface area contributed by atoms with Gasteiger partial charge in [0.2, 0.25) is 0 Å². The molecule has 2 nitrogen and oxygen atoms in total. The molecule has 0 aliphatic rings. The monoisotopic (exact) mass is 255 g/mol. The smallest absolute Gasteiger partial charge is 0.282 e. The zero-order valence-corrected chi connectivity index (χ0v) is 8.61. The van der Waals surface area contributed by atoms with E-state index in [-0.39, 0.29) is 12.1 Å². The van der Waals surface area contributed by atoms with E-state index in [9.17, 15) is 22.0 Å². The van der Waals surface area contributed by atoms with Gasteiger partial charge in [-0.25, -0.2) is 22.0 Å². The molecule has 0 heterocycles. The van der Waals surface area contributed by atoms with Gasteiger partial charge in [0, 0.05) is 6.54 Å². The summed E-state index contributed by atoms with van der Waals surface area (Å²) in [6.07, 6.45) is 0. The number of hydrogen-bond acceptors (Lipinski definition) is 2. The first-order valence-electron chi connectivity index (χ1n) is 4.68. The van der Waals surface area contributed by atoms with Crippen LogP contribution in [0.25, 0.3) is 0 Å². The second-order valence-electron chi connectivity index (χ2n) is 3.49. The summed E-state index contributed by atoms with van der Waals surface area (Å²) in [5.74, 6) is -7.67. The molecule has 7 heteroatoms. The Hall–Kier alpha value is -1.21. The third-order valence-corrected chi connectivity index (χ3v) is 1.99. The highest BCUT2D eigenvalue weighted by molar-refractivity contribution is 5.19. The highest BCUT2D eigenvalue weighted by Crippen LogP contribution is 2.14. The molecular weight excluding hydrogens is 245 g/mol. The van der Waals surface area contributed by atoms with E-state index >= 15 is 0 Å². The molecule has 0 aliphatic carbocycles. The molecule has 2 N–H and O–H groups in total. The molecule has 0 saturated heterocycles. The summed E-state index contributed by atoms with van der Waals surface area (Å²) in [7, 11) is 0. The summed E-state index contributed by atoms with van der Waals surface area (Å²) in [5, 5.41) is 10.5. The van der Waals surface area contributed by atoms with Gasteiger partial charge in [-0.1, -0.05) is 0 Å². The normalized spacial score (nSPS) is 11.9. The average Bonchev–Trinajstić information content (AvgIpc) is 2.25. The maximum absolute atomic E-state index is 12.7. The third-order valence-electron chi connectivity index (χ3n) is 1.99. The van der Waals surface area contributed by atoms with Crippen LogP contribution in [-0.4, -0.2) is 24.2 Å². The predicted molar refractivity (Wildman–Crippen MR) is 50.1 cm³/mol. The Morgan fingerprint density at radius 3 is 2.12 bits per heavy atom. The minimum absolute atomic E-state index is 0.00450. The summed E-state index contributed by atoms with van der Waals surface area (Å²) in [6, 6.07) is 1.42. The molecule has 0 aliphatic heterocycles. The fourth-order valence-electron chi connectivity index (χ4n) is 1.16. The van der Waals surface area contributed by atoms with Gasteiger partial charge in [-0.05, 0) is 17.7 Å². The van der Waals surface area contributed by atoms with Crippen LogP contribution in [0, 0.1) is 17.5 Å². The molecule has 0 saturated carbocycles. The molecule has 0 unspecified atom stereocenters. The molecule has 1 aromatic carbocycles. The molecule has 1 aromatic rings. The molecule has 0 spiro atoms. The summed E-state index contributed by atoms with van der Waals surface area (Å²) >= 11 is 0. The number of halogens is 5. The van der Waals surface area contributed by atoms with E-state index in [2.05, 4.69) is 5.32 Å². The van der Waals surface area contributed by atoms with Gasteiger partial charge in [-0.3, -0.25) is 0 Å². The van der Waals surface area contributed by atoms with Gasteiger partial charge in [-0.2, -0.15) is 0 Å². The van der Waals surface area contributed by atoms with Crippen molar-refractivity contribution in [3.63, 3.8) is 0 Å². The molecule has 17 heavy (non-hydrogen) atoms. The van der Waals surface area contributed by atoms with Crippen molar-refractivity contribution in [1.82, 2.24) is 5.32 Å². The molecule has 1 rings (SSSR count). The standard InChI is InChI=1S/C10H10F5NO/c11-7-1-6(2-8(12)9(7)13)3-16-4-10(14,15)5-17/h1-2,16-17H,3-5H2. The van der Waals surface area contributed by atoms with Crippen molar-refractivity contribution in [1.29, 1.82) is 0 Å². The van der Waals surface area contributed by atoms with Crippen LogP contribution < -0.4 is 5.32 Å². The molecule has 0 amide bonds. The molecule has 96 valence electrons.